The van der Waals surface area contributed by atoms with Gasteiger partial charge in [-0.3, -0.25) is 4.68 Å². The van der Waals surface area contributed by atoms with Crippen LogP contribution in [-0.2, 0) is 13.0 Å². The van der Waals surface area contributed by atoms with Gasteiger partial charge in [0.05, 0.1) is 11.7 Å². The van der Waals surface area contributed by atoms with Crippen LogP contribution in [0.4, 0.5) is 0 Å². The summed E-state index contributed by atoms with van der Waals surface area (Å²) in [6.45, 7) is 5.08. The van der Waals surface area contributed by atoms with Crippen molar-refractivity contribution in [3.63, 3.8) is 0 Å². The number of hydrogen-bond donors (Lipinski definition) is 2. The molecule has 1 aliphatic rings. The fourth-order valence-electron chi connectivity index (χ4n) is 2.80. The van der Waals surface area contributed by atoms with Gasteiger partial charge in [-0.1, -0.05) is 13.8 Å². The first-order valence-corrected chi connectivity index (χ1v) is 7.32. The molecule has 0 radical (unpaired) electrons. The number of aromatic nitrogens is 3. The zero-order valence-corrected chi connectivity index (χ0v) is 11.9. The van der Waals surface area contributed by atoms with Crippen LogP contribution in [0.15, 0.2) is 6.33 Å². The second-order valence-corrected chi connectivity index (χ2v) is 5.91. The SMILES string of the molecule is CCCn1ncnc1CC(O)C1(O)CCC(C)CC1. The van der Waals surface area contributed by atoms with Gasteiger partial charge >= 0.3 is 0 Å². The van der Waals surface area contributed by atoms with E-state index in [0.717, 1.165) is 31.6 Å². The summed E-state index contributed by atoms with van der Waals surface area (Å²) in [5.74, 6) is 1.41. The minimum absolute atomic E-state index is 0.380. The molecule has 1 saturated carbocycles. The molecular formula is C14H25N3O2. The van der Waals surface area contributed by atoms with E-state index in [4.69, 9.17) is 0 Å². The third-order valence-electron chi connectivity index (χ3n) is 4.27. The molecule has 5 nitrogen and oxygen atoms in total. The minimum atomic E-state index is -0.949. The fourth-order valence-corrected chi connectivity index (χ4v) is 2.80. The van der Waals surface area contributed by atoms with Crippen LogP contribution in [0.5, 0.6) is 0 Å². The molecule has 0 aromatic carbocycles. The van der Waals surface area contributed by atoms with Gasteiger partial charge in [-0.15, -0.1) is 0 Å². The van der Waals surface area contributed by atoms with Crippen molar-refractivity contribution < 1.29 is 10.2 Å². The maximum atomic E-state index is 10.6. The summed E-state index contributed by atoms with van der Waals surface area (Å²) in [7, 11) is 0. The van der Waals surface area contributed by atoms with Crippen LogP contribution >= 0.6 is 0 Å². The van der Waals surface area contributed by atoms with E-state index in [0.29, 0.717) is 25.2 Å². The second-order valence-electron chi connectivity index (χ2n) is 5.91. The van der Waals surface area contributed by atoms with Gasteiger partial charge in [0.15, 0.2) is 0 Å². The van der Waals surface area contributed by atoms with E-state index in [1.807, 2.05) is 4.68 Å². The Kier molecular flexibility index (Phi) is 4.58. The van der Waals surface area contributed by atoms with Crippen molar-refractivity contribution >= 4 is 0 Å². The molecule has 1 atom stereocenters. The fraction of sp³-hybridized carbons (Fsp3) is 0.857. The number of aliphatic hydroxyl groups is 2. The summed E-state index contributed by atoms with van der Waals surface area (Å²) < 4.78 is 1.82. The van der Waals surface area contributed by atoms with E-state index in [2.05, 4.69) is 23.9 Å². The van der Waals surface area contributed by atoms with Crippen LogP contribution in [0.3, 0.4) is 0 Å². The summed E-state index contributed by atoms with van der Waals surface area (Å²) in [5.41, 5.74) is -0.949. The molecule has 108 valence electrons. The van der Waals surface area contributed by atoms with Crippen LogP contribution in [0.2, 0.25) is 0 Å². The largest absolute Gasteiger partial charge is 0.390 e. The molecule has 0 amide bonds. The van der Waals surface area contributed by atoms with Crippen molar-refractivity contribution in [2.75, 3.05) is 0 Å². The van der Waals surface area contributed by atoms with E-state index in [-0.39, 0.29) is 0 Å². The summed E-state index contributed by atoms with van der Waals surface area (Å²) in [5, 5.41) is 25.1. The number of hydrogen-bond acceptors (Lipinski definition) is 4. The Bertz CT molecular complexity index is 397. The summed E-state index contributed by atoms with van der Waals surface area (Å²) >= 11 is 0. The van der Waals surface area contributed by atoms with Crippen molar-refractivity contribution in [1.29, 1.82) is 0 Å². The molecule has 1 aromatic rings. The molecule has 1 aliphatic carbocycles. The number of aliphatic hydroxyl groups excluding tert-OH is 1. The predicted octanol–water partition coefficient (Wildman–Crippen LogP) is 1.53. The van der Waals surface area contributed by atoms with E-state index in [9.17, 15) is 10.2 Å². The van der Waals surface area contributed by atoms with Gasteiger partial charge in [-0.2, -0.15) is 5.10 Å². The molecule has 5 heteroatoms. The number of rotatable bonds is 5. The average molecular weight is 267 g/mol. The molecule has 19 heavy (non-hydrogen) atoms. The quantitative estimate of drug-likeness (QED) is 0.849. The molecule has 0 saturated heterocycles. The molecule has 0 spiro atoms. The van der Waals surface area contributed by atoms with Gasteiger partial charge in [0.2, 0.25) is 0 Å². The molecule has 1 fully saturated rings. The number of aryl methyl sites for hydroxylation is 1. The average Bonchev–Trinajstić information content (AvgIpc) is 2.81. The standard InChI is InChI=1S/C14H25N3O2/c1-3-8-17-13(15-10-16-17)9-12(18)14(19)6-4-11(2)5-7-14/h10-12,18-19H,3-9H2,1-2H3. The second kappa shape index (κ2) is 6.01. The Morgan fingerprint density at radius 2 is 2.16 bits per heavy atom. The first kappa shape index (κ1) is 14.5. The van der Waals surface area contributed by atoms with Gasteiger partial charge in [-0.25, -0.2) is 4.98 Å². The maximum absolute atomic E-state index is 10.6. The first-order valence-electron chi connectivity index (χ1n) is 7.32. The monoisotopic (exact) mass is 267 g/mol. The molecule has 1 aromatic heterocycles. The zero-order chi connectivity index (χ0) is 13.9. The molecule has 0 aliphatic heterocycles. The Balaban J connectivity index is 1.99. The van der Waals surface area contributed by atoms with Gasteiger partial charge in [0, 0.05) is 13.0 Å². The van der Waals surface area contributed by atoms with Crippen LogP contribution in [0.25, 0.3) is 0 Å². The third kappa shape index (κ3) is 3.34. The molecule has 1 unspecified atom stereocenters. The topological polar surface area (TPSA) is 71.2 Å². The highest BCUT2D eigenvalue weighted by molar-refractivity contribution is 4.97. The minimum Gasteiger partial charge on any atom is -0.390 e. The third-order valence-corrected chi connectivity index (χ3v) is 4.27. The lowest BCUT2D eigenvalue weighted by Crippen LogP contribution is -2.46. The van der Waals surface area contributed by atoms with E-state index in [1.165, 1.54) is 6.33 Å². The van der Waals surface area contributed by atoms with E-state index in [1.54, 1.807) is 0 Å². The first-order chi connectivity index (χ1) is 9.05. The van der Waals surface area contributed by atoms with Crippen molar-refractivity contribution in [2.24, 2.45) is 5.92 Å². The molecule has 2 N–H and O–H groups in total. The van der Waals surface area contributed by atoms with Crippen LogP contribution < -0.4 is 0 Å². The Labute approximate surface area is 114 Å². The Morgan fingerprint density at radius 3 is 2.79 bits per heavy atom. The van der Waals surface area contributed by atoms with Crippen molar-refractivity contribution in [1.82, 2.24) is 14.8 Å². The zero-order valence-electron chi connectivity index (χ0n) is 11.9. The highest BCUT2D eigenvalue weighted by atomic mass is 16.3. The summed E-state index contributed by atoms with van der Waals surface area (Å²) in [6, 6.07) is 0. The van der Waals surface area contributed by atoms with E-state index >= 15 is 0 Å². The van der Waals surface area contributed by atoms with Gasteiger partial charge < -0.3 is 10.2 Å². The Morgan fingerprint density at radius 1 is 1.47 bits per heavy atom. The maximum Gasteiger partial charge on any atom is 0.138 e. The Hall–Kier alpha value is -0.940. The lowest BCUT2D eigenvalue weighted by Gasteiger charge is -2.38. The smallest absolute Gasteiger partial charge is 0.138 e. The van der Waals surface area contributed by atoms with Crippen LogP contribution in [0, 0.1) is 5.92 Å². The van der Waals surface area contributed by atoms with Gasteiger partial charge in [-0.05, 0) is 38.0 Å². The predicted molar refractivity (Wildman–Crippen MR) is 72.6 cm³/mol. The van der Waals surface area contributed by atoms with Gasteiger partial charge in [0.1, 0.15) is 12.2 Å². The molecule has 2 rings (SSSR count). The van der Waals surface area contributed by atoms with Crippen molar-refractivity contribution in [3.05, 3.63) is 12.2 Å². The van der Waals surface area contributed by atoms with Crippen LogP contribution in [0.1, 0.15) is 51.8 Å². The normalized spacial score (nSPS) is 29.4. The number of nitrogens with zero attached hydrogens (tertiary/aromatic N) is 3. The van der Waals surface area contributed by atoms with Crippen molar-refractivity contribution in [3.8, 4) is 0 Å². The van der Waals surface area contributed by atoms with Crippen molar-refractivity contribution in [2.45, 2.75) is 70.6 Å². The molecule has 0 bridgehead atoms. The summed E-state index contributed by atoms with van der Waals surface area (Å²) in [4.78, 5) is 4.20. The highest BCUT2D eigenvalue weighted by Gasteiger charge is 2.39. The summed E-state index contributed by atoms with van der Waals surface area (Å²) in [6.07, 6.45) is 5.45. The lowest BCUT2D eigenvalue weighted by molar-refractivity contribution is -0.103. The highest BCUT2D eigenvalue weighted by Crippen LogP contribution is 2.35. The lowest BCUT2D eigenvalue weighted by atomic mass is 9.76. The van der Waals surface area contributed by atoms with E-state index < -0.39 is 11.7 Å². The molecule has 1 heterocycles. The molecular weight excluding hydrogens is 242 g/mol. The van der Waals surface area contributed by atoms with Crippen LogP contribution in [-0.4, -0.2) is 36.7 Å². The van der Waals surface area contributed by atoms with Gasteiger partial charge in [0.25, 0.3) is 0 Å².